The van der Waals surface area contributed by atoms with Crippen molar-refractivity contribution in [1.82, 2.24) is 0 Å². The van der Waals surface area contributed by atoms with E-state index in [4.69, 9.17) is 8.92 Å². The Morgan fingerprint density at radius 2 is 1.64 bits per heavy atom. The third-order valence-electron chi connectivity index (χ3n) is 6.36. The Kier molecular flexibility index (Phi) is 10.4. The van der Waals surface area contributed by atoms with E-state index in [0.717, 1.165) is 23.1 Å². The molecule has 2 rings (SSSR count). The lowest BCUT2D eigenvalue weighted by Gasteiger charge is -2.31. The van der Waals surface area contributed by atoms with Gasteiger partial charge in [0.25, 0.3) is 10.1 Å². The summed E-state index contributed by atoms with van der Waals surface area (Å²) in [6, 6.07) is 4.03. The van der Waals surface area contributed by atoms with Gasteiger partial charge < -0.3 is 4.74 Å². The van der Waals surface area contributed by atoms with Crippen LogP contribution in [0.2, 0.25) is 0 Å². The topological polar surface area (TPSA) is 69.7 Å². The zero-order chi connectivity index (χ0) is 24.9. The SMILES string of the molecule is CC(C)c1cc(C(C)C)c(S(=O)(=O)OCC[C@H]2CC(=O)O[C@@H]([C@H](C)/C=C/I)C2)c(C(C)C)c1. The zero-order valence-corrected chi connectivity index (χ0v) is 23.9. The fourth-order valence-electron chi connectivity index (χ4n) is 4.25. The number of hydrogen-bond acceptors (Lipinski definition) is 5. The van der Waals surface area contributed by atoms with E-state index >= 15 is 0 Å². The lowest BCUT2D eigenvalue weighted by atomic mass is 9.87. The van der Waals surface area contributed by atoms with Crippen molar-refractivity contribution in [2.24, 2.45) is 11.8 Å². The first-order chi connectivity index (χ1) is 15.4. The number of carbonyl (C=O) groups excluding carboxylic acids is 1. The molecular formula is C26H39IO5S. The molecule has 1 aliphatic rings. The number of halogens is 1. The number of hydrogen-bond donors (Lipinski definition) is 0. The minimum absolute atomic E-state index is 0.0500. The monoisotopic (exact) mass is 590 g/mol. The van der Waals surface area contributed by atoms with E-state index in [0.29, 0.717) is 23.7 Å². The molecule has 1 saturated heterocycles. The Morgan fingerprint density at radius 3 is 2.12 bits per heavy atom. The lowest BCUT2D eigenvalue weighted by molar-refractivity contribution is -0.159. The van der Waals surface area contributed by atoms with E-state index in [1.54, 1.807) is 0 Å². The highest BCUT2D eigenvalue weighted by Crippen LogP contribution is 2.36. The summed E-state index contributed by atoms with van der Waals surface area (Å²) in [5, 5.41) is 0. The van der Waals surface area contributed by atoms with Crippen LogP contribution in [0, 0.1) is 11.8 Å². The number of cyclic esters (lactones) is 1. The van der Waals surface area contributed by atoms with Crippen molar-refractivity contribution in [3.63, 3.8) is 0 Å². The highest BCUT2D eigenvalue weighted by molar-refractivity contribution is 14.1. The maximum Gasteiger partial charge on any atom is 0.306 e. The third-order valence-corrected chi connectivity index (χ3v) is 8.22. The van der Waals surface area contributed by atoms with Gasteiger partial charge in [-0.15, -0.1) is 0 Å². The molecule has 33 heavy (non-hydrogen) atoms. The minimum Gasteiger partial charge on any atom is -0.462 e. The van der Waals surface area contributed by atoms with Gasteiger partial charge in [0.15, 0.2) is 0 Å². The fourth-order valence-corrected chi connectivity index (χ4v) is 6.51. The zero-order valence-electron chi connectivity index (χ0n) is 20.9. The molecule has 0 bridgehead atoms. The Labute approximate surface area is 214 Å². The molecule has 0 aromatic heterocycles. The molecule has 0 radical (unpaired) electrons. The van der Waals surface area contributed by atoms with Crippen LogP contribution in [0.5, 0.6) is 0 Å². The van der Waals surface area contributed by atoms with Gasteiger partial charge in [-0.3, -0.25) is 8.98 Å². The summed E-state index contributed by atoms with van der Waals surface area (Å²) >= 11 is 2.16. The van der Waals surface area contributed by atoms with Gasteiger partial charge in [-0.2, -0.15) is 8.42 Å². The summed E-state index contributed by atoms with van der Waals surface area (Å²) in [7, 11) is -3.94. The Balaban J connectivity index is 2.23. The van der Waals surface area contributed by atoms with Crippen LogP contribution in [-0.4, -0.2) is 27.1 Å². The predicted molar refractivity (Wildman–Crippen MR) is 141 cm³/mol. The van der Waals surface area contributed by atoms with E-state index in [9.17, 15) is 13.2 Å². The molecule has 1 aliphatic heterocycles. The Morgan fingerprint density at radius 1 is 1.06 bits per heavy atom. The smallest absolute Gasteiger partial charge is 0.306 e. The molecule has 1 aromatic carbocycles. The highest BCUT2D eigenvalue weighted by atomic mass is 127. The first-order valence-electron chi connectivity index (χ1n) is 11.9. The molecule has 1 fully saturated rings. The average molecular weight is 591 g/mol. The van der Waals surface area contributed by atoms with Crippen LogP contribution in [0.15, 0.2) is 27.2 Å². The van der Waals surface area contributed by atoms with E-state index in [1.807, 2.05) is 56.9 Å². The molecule has 1 heterocycles. The molecule has 5 nitrogen and oxygen atoms in total. The average Bonchev–Trinajstić information content (AvgIpc) is 2.72. The summed E-state index contributed by atoms with van der Waals surface area (Å²) < 4.78 is 39.8. The van der Waals surface area contributed by atoms with Gasteiger partial charge >= 0.3 is 5.97 Å². The van der Waals surface area contributed by atoms with Crippen LogP contribution < -0.4 is 0 Å². The molecule has 186 valence electrons. The van der Waals surface area contributed by atoms with Gasteiger partial charge in [-0.25, -0.2) is 0 Å². The summed E-state index contributed by atoms with van der Waals surface area (Å²) in [6.45, 7) is 14.4. The molecule has 0 spiro atoms. The highest BCUT2D eigenvalue weighted by Gasteiger charge is 2.32. The molecule has 0 aliphatic carbocycles. The molecule has 1 aromatic rings. The molecular weight excluding hydrogens is 551 g/mol. The van der Waals surface area contributed by atoms with Crippen molar-refractivity contribution in [3.8, 4) is 0 Å². The summed E-state index contributed by atoms with van der Waals surface area (Å²) in [4.78, 5) is 12.4. The largest absolute Gasteiger partial charge is 0.462 e. The molecule has 3 atom stereocenters. The van der Waals surface area contributed by atoms with Crippen LogP contribution in [0.3, 0.4) is 0 Å². The lowest BCUT2D eigenvalue weighted by Crippen LogP contribution is -2.34. The maximum atomic E-state index is 13.4. The Hall–Kier alpha value is -0.930. The van der Waals surface area contributed by atoms with Gasteiger partial charge in [0.2, 0.25) is 0 Å². The van der Waals surface area contributed by atoms with Crippen molar-refractivity contribution in [3.05, 3.63) is 39.0 Å². The van der Waals surface area contributed by atoms with E-state index in [1.165, 1.54) is 0 Å². The van der Waals surface area contributed by atoms with Crippen LogP contribution >= 0.6 is 22.6 Å². The van der Waals surface area contributed by atoms with Gasteiger partial charge in [0.1, 0.15) is 11.0 Å². The van der Waals surface area contributed by atoms with Crippen LogP contribution in [0.1, 0.15) is 102 Å². The number of rotatable bonds is 10. The van der Waals surface area contributed by atoms with E-state index in [-0.39, 0.29) is 42.4 Å². The Bertz CT molecular complexity index is 920. The number of carbonyl (C=O) groups is 1. The van der Waals surface area contributed by atoms with Gasteiger partial charge in [-0.05, 0) is 57.3 Å². The van der Waals surface area contributed by atoms with Crippen molar-refractivity contribution in [2.75, 3.05) is 6.61 Å². The normalized spacial score (nSPS) is 20.8. The first kappa shape index (κ1) is 28.3. The molecule has 0 saturated carbocycles. The van der Waals surface area contributed by atoms with Crippen LogP contribution in [0.25, 0.3) is 0 Å². The van der Waals surface area contributed by atoms with Crippen molar-refractivity contribution in [1.29, 1.82) is 0 Å². The quantitative estimate of drug-likeness (QED) is 0.166. The van der Waals surface area contributed by atoms with Crippen LogP contribution in [0.4, 0.5) is 0 Å². The van der Waals surface area contributed by atoms with Gasteiger partial charge in [-0.1, -0.05) is 89.3 Å². The molecule has 0 unspecified atom stereocenters. The van der Waals surface area contributed by atoms with E-state index < -0.39 is 10.1 Å². The molecule has 0 amide bonds. The minimum atomic E-state index is -3.94. The second-order valence-corrected chi connectivity index (χ2v) is 12.3. The van der Waals surface area contributed by atoms with Crippen molar-refractivity contribution < 1.29 is 22.1 Å². The van der Waals surface area contributed by atoms with Crippen LogP contribution in [-0.2, 0) is 23.8 Å². The number of esters is 1. The fraction of sp³-hybridized carbons (Fsp3) is 0.654. The van der Waals surface area contributed by atoms with E-state index in [2.05, 4.69) is 36.4 Å². The van der Waals surface area contributed by atoms with Crippen molar-refractivity contribution in [2.45, 2.75) is 96.5 Å². The van der Waals surface area contributed by atoms with Crippen molar-refractivity contribution >= 4 is 38.7 Å². The first-order valence-corrected chi connectivity index (χ1v) is 14.6. The molecule has 0 N–H and O–H groups in total. The summed E-state index contributed by atoms with van der Waals surface area (Å²) in [5.41, 5.74) is 2.76. The third kappa shape index (κ3) is 7.52. The van der Waals surface area contributed by atoms with Gasteiger partial charge in [0, 0.05) is 12.3 Å². The summed E-state index contributed by atoms with van der Waals surface area (Å²) in [6.07, 6.45) is 3.36. The number of ether oxygens (including phenoxy) is 1. The predicted octanol–water partition coefficient (Wildman–Crippen LogP) is 7.06. The van der Waals surface area contributed by atoms with Gasteiger partial charge in [0.05, 0.1) is 6.61 Å². The molecule has 7 heteroatoms. The second kappa shape index (κ2) is 12.2. The summed E-state index contributed by atoms with van der Waals surface area (Å²) in [5.74, 6) is 0.364. The second-order valence-electron chi connectivity index (χ2n) is 10.1. The number of benzene rings is 1. The maximum absolute atomic E-state index is 13.4. The standard InChI is InChI=1S/C26H39IO5S/c1-16(2)21-14-22(17(3)4)26(23(15-21)18(5)6)33(29,30)31-11-9-20-12-24(19(7)8-10-27)32-25(28)13-20/h8,10,14-20,24H,9,11-13H2,1-7H3/b10-8+/t19-,20-,24-/m1/s1.